The SMILES string of the molecule is CC(C)c1ccc2c(Nc3cc(C(=O)N[C@@H]4CCc5ccccc54)ccc3Sc3ccc(NC(=O)OC(C)(C)C)cc3)ncnc2n1. The smallest absolute Gasteiger partial charge is 0.412 e. The highest BCUT2D eigenvalue weighted by atomic mass is 32.2. The zero-order valence-corrected chi connectivity index (χ0v) is 27.9. The predicted molar refractivity (Wildman–Crippen MR) is 187 cm³/mol. The fraction of sp³-hybridized carbons (Fsp3) is 0.270. The minimum Gasteiger partial charge on any atom is -0.444 e. The Hall–Kier alpha value is -4.96. The predicted octanol–water partition coefficient (Wildman–Crippen LogP) is 8.81. The van der Waals surface area contributed by atoms with Gasteiger partial charge in [-0.3, -0.25) is 10.1 Å². The van der Waals surface area contributed by atoms with Crippen LogP contribution >= 0.6 is 11.8 Å². The highest BCUT2D eigenvalue weighted by Gasteiger charge is 2.24. The van der Waals surface area contributed by atoms with Gasteiger partial charge in [-0.05, 0) is 105 Å². The van der Waals surface area contributed by atoms with Crippen LogP contribution in [0.1, 0.15) is 80.2 Å². The van der Waals surface area contributed by atoms with Gasteiger partial charge in [0.05, 0.1) is 17.1 Å². The maximum absolute atomic E-state index is 13.6. The fourth-order valence-electron chi connectivity index (χ4n) is 5.47. The molecule has 10 heteroatoms. The molecule has 0 radical (unpaired) electrons. The summed E-state index contributed by atoms with van der Waals surface area (Å²) in [5.74, 6) is 0.722. The van der Waals surface area contributed by atoms with Gasteiger partial charge in [-0.25, -0.2) is 19.7 Å². The molecule has 0 fully saturated rings. The van der Waals surface area contributed by atoms with E-state index in [1.165, 1.54) is 29.2 Å². The van der Waals surface area contributed by atoms with Crippen molar-refractivity contribution in [3.8, 4) is 0 Å². The zero-order chi connectivity index (χ0) is 33.1. The quantitative estimate of drug-likeness (QED) is 0.153. The second-order valence-corrected chi connectivity index (χ2v) is 14.0. The van der Waals surface area contributed by atoms with Crippen molar-refractivity contribution in [1.29, 1.82) is 0 Å². The van der Waals surface area contributed by atoms with E-state index in [1.807, 2.05) is 87.5 Å². The molecular formula is C37H38N6O3S. The third-order valence-corrected chi connectivity index (χ3v) is 8.85. The first kappa shape index (κ1) is 32.0. The summed E-state index contributed by atoms with van der Waals surface area (Å²) in [4.78, 5) is 41.3. The van der Waals surface area contributed by atoms with E-state index in [4.69, 9.17) is 9.72 Å². The average molecular weight is 647 g/mol. The topological polar surface area (TPSA) is 118 Å². The maximum Gasteiger partial charge on any atom is 0.412 e. The minimum absolute atomic E-state index is 0.0241. The molecule has 3 N–H and O–H groups in total. The van der Waals surface area contributed by atoms with E-state index in [9.17, 15) is 9.59 Å². The Morgan fingerprint density at radius 1 is 0.957 bits per heavy atom. The molecule has 0 saturated heterocycles. The Balaban J connectivity index is 1.28. The molecule has 0 spiro atoms. The molecule has 1 aliphatic rings. The van der Waals surface area contributed by atoms with Crippen LogP contribution in [-0.4, -0.2) is 32.6 Å². The van der Waals surface area contributed by atoms with E-state index >= 15 is 0 Å². The van der Waals surface area contributed by atoms with Crippen LogP contribution < -0.4 is 16.0 Å². The Labute approximate surface area is 279 Å². The summed E-state index contributed by atoms with van der Waals surface area (Å²) in [5.41, 5.74) is 5.31. The second-order valence-electron chi connectivity index (χ2n) is 12.8. The first-order chi connectivity index (χ1) is 22.5. The van der Waals surface area contributed by atoms with Gasteiger partial charge in [0, 0.05) is 26.7 Å². The molecule has 9 nitrogen and oxygen atoms in total. The summed E-state index contributed by atoms with van der Waals surface area (Å²) in [6, 6.07) is 25.4. The van der Waals surface area contributed by atoms with Gasteiger partial charge in [-0.2, -0.15) is 0 Å². The molecule has 47 heavy (non-hydrogen) atoms. The van der Waals surface area contributed by atoms with Crippen molar-refractivity contribution in [2.24, 2.45) is 0 Å². The Kier molecular flexibility index (Phi) is 9.13. The number of carbonyl (C=O) groups excluding carboxylic acids is 2. The molecule has 0 unspecified atom stereocenters. The van der Waals surface area contributed by atoms with Gasteiger partial charge in [0.1, 0.15) is 17.7 Å². The normalized spacial score (nSPS) is 14.1. The summed E-state index contributed by atoms with van der Waals surface area (Å²) in [6.45, 7) is 9.66. The van der Waals surface area contributed by atoms with Crippen LogP contribution in [0.2, 0.25) is 0 Å². The number of hydrogen-bond donors (Lipinski definition) is 3. The lowest BCUT2D eigenvalue weighted by Crippen LogP contribution is -2.27. The van der Waals surface area contributed by atoms with E-state index in [-0.39, 0.29) is 17.9 Å². The Bertz CT molecular complexity index is 1940. The van der Waals surface area contributed by atoms with E-state index in [0.717, 1.165) is 39.4 Å². The van der Waals surface area contributed by atoms with Crippen molar-refractivity contribution in [1.82, 2.24) is 20.3 Å². The first-order valence-corrected chi connectivity index (χ1v) is 16.5. The van der Waals surface area contributed by atoms with Crippen LogP contribution in [0.3, 0.4) is 0 Å². The van der Waals surface area contributed by atoms with Gasteiger partial charge >= 0.3 is 6.09 Å². The molecule has 2 amide bonds. The summed E-state index contributed by atoms with van der Waals surface area (Å²) >= 11 is 1.53. The van der Waals surface area contributed by atoms with E-state index in [2.05, 4.69) is 51.9 Å². The molecule has 6 rings (SSSR count). The van der Waals surface area contributed by atoms with Gasteiger partial charge in [0.2, 0.25) is 0 Å². The molecule has 3 aromatic carbocycles. The number of hydrogen-bond acceptors (Lipinski definition) is 8. The van der Waals surface area contributed by atoms with Gasteiger partial charge < -0.3 is 15.4 Å². The number of nitrogens with zero attached hydrogens (tertiary/aromatic N) is 3. The van der Waals surface area contributed by atoms with Gasteiger partial charge in [0.15, 0.2) is 5.65 Å². The number of aryl methyl sites for hydroxylation is 1. The maximum atomic E-state index is 13.6. The molecule has 0 bridgehead atoms. The summed E-state index contributed by atoms with van der Waals surface area (Å²) < 4.78 is 5.37. The number of nitrogens with one attached hydrogen (secondary N) is 3. The van der Waals surface area contributed by atoms with E-state index < -0.39 is 11.7 Å². The molecule has 0 saturated carbocycles. The van der Waals surface area contributed by atoms with Crippen molar-refractivity contribution < 1.29 is 14.3 Å². The van der Waals surface area contributed by atoms with Crippen LogP contribution in [0.25, 0.3) is 11.0 Å². The van der Waals surface area contributed by atoms with Crippen LogP contribution in [0.4, 0.5) is 22.0 Å². The summed E-state index contributed by atoms with van der Waals surface area (Å²) in [6.07, 6.45) is 2.81. The third kappa shape index (κ3) is 7.72. The van der Waals surface area contributed by atoms with Gasteiger partial charge in [-0.1, -0.05) is 49.9 Å². The van der Waals surface area contributed by atoms with Crippen LogP contribution in [0.5, 0.6) is 0 Å². The van der Waals surface area contributed by atoms with Crippen molar-refractivity contribution in [2.45, 2.75) is 74.8 Å². The lowest BCUT2D eigenvalue weighted by molar-refractivity contribution is 0.0635. The Morgan fingerprint density at radius 2 is 1.74 bits per heavy atom. The molecule has 2 aromatic heterocycles. The molecule has 240 valence electrons. The number of aromatic nitrogens is 3. The first-order valence-electron chi connectivity index (χ1n) is 15.7. The van der Waals surface area contributed by atoms with E-state index in [1.54, 1.807) is 0 Å². The van der Waals surface area contributed by atoms with Crippen LogP contribution in [0, 0.1) is 0 Å². The molecule has 1 aliphatic carbocycles. The number of carbonyl (C=O) groups is 2. The number of pyridine rings is 1. The van der Waals surface area contributed by atoms with Crippen molar-refractivity contribution in [2.75, 3.05) is 10.6 Å². The van der Waals surface area contributed by atoms with Crippen molar-refractivity contribution in [3.05, 3.63) is 108 Å². The number of anilines is 3. The number of fused-ring (bicyclic) bond motifs is 2. The molecular weight excluding hydrogens is 609 g/mol. The van der Waals surface area contributed by atoms with E-state index in [0.29, 0.717) is 22.7 Å². The fourth-order valence-corrected chi connectivity index (χ4v) is 6.35. The minimum atomic E-state index is -0.588. The summed E-state index contributed by atoms with van der Waals surface area (Å²) in [5, 5.41) is 10.3. The molecule has 0 aliphatic heterocycles. The number of rotatable bonds is 8. The van der Waals surface area contributed by atoms with Crippen molar-refractivity contribution >= 4 is 52.0 Å². The van der Waals surface area contributed by atoms with Crippen molar-refractivity contribution in [3.63, 3.8) is 0 Å². The van der Waals surface area contributed by atoms with Crippen LogP contribution in [-0.2, 0) is 11.2 Å². The average Bonchev–Trinajstić information content (AvgIpc) is 3.44. The third-order valence-electron chi connectivity index (χ3n) is 7.77. The monoisotopic (exact) mass is 646 g/mol. The van der Waals surface area contributed by atoms with Crippen LogP contribution in [0.15, 0.2) is 95.0 Å². The lowest BCUT2D eigenvalue weighted by Gasteiger charge is -2.19. The number of benzene rings is 3. The Morgan fingerprint density at radius 3 is 2.51 bits per heavy atom. The largest absolute Gasteiger partial charge is 0.444 e. The van der Waals surface area contributed by atoms with Gasteiger partial charge in [0.25, 0.3) is 5.91 Å². The zero-order valence-electron chi connectivity index (χ0n) is 27.1. The molecule has 2 heterocycles. The number of ether oxygens (including phenoxy) is 1. The standard InChI is InChI=1S/C37H38N6O3S/c1-22(2)29-18-16-28-33(41-29)38-21-39-34(28)42-31-20-24(35(44)43-30-17-10-23-8-6-7-9-27(23)30)11-19-32(31)47-26-14-12-25(13-15-26)40-36(45)46-37(3,4)5/h6-9,11-16,18-22,30H,10,17H2,1-5H3,(H,40,45)(H,43,44)(H,38,39,41,42)/t30-/m1/s1. The highest BCUT2D eigenvalue weighted by molar-refractivity contribution is 7.99. The summed E-state index contributed by atoms with van der Waals surface area (Å²) in [7, 11) is 0. The molecule has 5 aromatic rings. The lowest BCUT2D eigenvalue weighted by atomic mass is 10.1. The molecule has 1 atom stereocenters. The highest BCUT2D eigenvalue weighted by Crippen LogP contribution is 2.37. The second kappa shape index (κ2) is 13.4. The number of amides is 2. The van der Waals surface area contributed by atoms with Gasteiger partial charge in [-0.15, -0.1) is 0 Å².